The van der Waals surface area contributed by atoms with E-state index >= 15 is 0 Å². The monoisotopic (exact) mass is 498 g/mol. The average molecular weight is 499 g/mol. The number of allylic oxidation sites excluding steroid dienone is 1. The Hall–Kier alpha value is -4.79. The standard InChI is InChI=1S/C28H26N4O5/c1-16-5-7-18(8-6-16)26-30-27(37-31-26)24-17(2)32(20-10-12-21(35-3)13-11-20)28(34)29-25(24)19-9-14-23(36-4)22(33)15-19/h5-15,25,33H,1-4H3,(H,29,34). The molecule has 0 aliphatic carbocycles. The third-order valence-electron chi connectivity index (χ3n) is 6.32. The van der Waals surface area contributed by atoms with E-state index in [1.165, 1.54) is 7.11 Å². The topological polar surface area (TPSA) is 110 Å². The number of rotatable bonds is 6. The van der Waals surface area contributed by atoms with Crippen molar-refractivity contribution < 1.29 is 23.9 Å². The Kier molecular flexibility index (Phi) is 6.27. The predicted octanol–water partition coefficient (Wildman–Crippen LogP) is 5.47. The number of benzene rings is 3. The third-order valence-corrected chi connectivity index (χ3v) is 6.32. The van der Waals surface area contributed by atoms with Gasteiger partial charge in [-0.15, -0.1) is 0 Å². The Morgan fingerprint density at radius 1 is 0.973 bits per heavy atom. The van der Waals surface area contributed by atoms with Crippen molar-refractivity contribution >= 4 is 17.3 Å². The summed E-state index contributed by atoms with van der Waals surface area (Å²) in [6.45, 7) is 3.83. The second-order valence-corrected chi connectivity index (χ2v) is 8.64. The zero-order valence-electron chi connectivity index (χ0n) is 20.9. The van der Waals surface area contributed by atoms with Gasteiger partial charge in [-0.3, -0.25) is 4.90 Å². The second kappa shape index (κ2) is 9.69. The lowest BCUT2D eigenvalue weighted by molar-refractivity contribution is 0.244. The van der Waals surface area contributed by atoms with Crippen LogP contribution < -0.4 is 19.7 Å². The van der Waals surface area contributed by atoms with Gasteiger partial charge in [-0.1, -0.05) is 41.1 Å². The second-order valence-electron chi connectivity index (χ2n) is 8.64. The molecule has 1 aromatic heterocycles. The first-order chi connectivity index (χ1) is 17.9. The van der Waals surface area contributed by atoms with E-state index < -0.39 is 6.04 Å². The van der Waals surface area contributed by atoms with Crippen molar-refractivity contribution in [3.63, 3.8) is 0 Å². The number of aromatic hydroxyl groups is 1. The molecule has 37 heavy (non-hydrogen) atoms. The number of hydrogen-bond acceptors (Lipinski definition) is 7. The number of aryl methyl sites for hydroxylation is 1. The van der Waals surface area contributed by atoms with Gasteiger partial charge in [0.25, 0.3) is 5.89 Å². The third kappa shape index (κ3) is 4.47. The molecule has 0 saturated carbocycles. The molecular formula is C28H26N4O5. The number of carbonyl (C=O) groups excluding carboxylic acids is 1. The molecule has 188 valence electrons. The Labute approximate surface area is 214 Å². The minimum Gasteiger partial charge on any atom is -0.504 e. The smallest absolute Gasteiger partial charge is 0.326 e. The highest BCUT2D eigenvalue weighted by molar-refractivity contribution is 6.01. The number of methoxy groups -OCH3 is 2. The number of phenols is 1. The molecule has 1 aliphatic heterocycles. The highest BCUT2D eigenvalue weighted by Gasteiger charge is 2.37. The van der Waals surface area contributed by atoms with E-state index in [0.29, 0.717) is 39.8 Å². The van der Waals surface area contributed by atoms with Gasteiger partial charge in [0, 0.05) is 11.3 Å². The summed E-state index contributed by atoms with van der Waals surface area (Å²) in [6, 6.07) is 18.9. The number of nitrogens with zero attached hydrogens (tertiary/aromatic N) is 3. The van der Waals surface area contributed by atoms with Gasteiger partial charge in [-0.2, -0.15) is 4.98 Å². The predicted molar refractivity (Wildman–Crippen MR) is 138 cm³/mol. The summed E-state index contributed by atoms with van der Waals surface area (Å²) < 4.78 is 16.2. The summed E-state index contributed by atoms with van der Waals surface area (Å²) in [5.74, 6) is 1.64. The van der Waals surface area contributed by atoms with Crippen LogP contribution in [-0.2, 0) is 0 Å². The molecule has 4 aromatic rings. The van der Waals surface area contributed by atoms with Crippen molar-refractivity contribution in [1.29, 1.82) is 0 Å². The molecule has 2 N–H and O–H groups in total. The summed E-state index contributed by atoms with van der Waals surface area (Å²) in [4.78, 5) is 19.6. The van der Waals surface area contributed by atoms with E-state index in [1.807, 2.05) is 38.1 Å². The van der Waals surface area contributed by atoms with Crippen LogP contribution >= 0.6 is 0 Å². The molecule has 3 aromatic carbocycles. The molecule has 2 heterocycles. The van der Waals surface area contributed by atoms with Crippen molar-refractivity contribution in [2.45, 2.75) is 19.9 Å². The van der Waals surface area contributed by atoms with Gasteiger partial charge in [0.05, 0.1) is 31.5 Å². The molecule has 0 spiro atoms. The summed E-state index contributed by atoms with van der Waals surface area (Å²) >= 11 is 0. The Balaban J connectivity index is 1.64. The molecule has 2 amide bonds. The first-order valence-electron chi connectivity index (χ1n) is 11.6. The van der Waals surface area contributed by atoms with E-state index in [4.69, 9.17) is 14.0 Å². The highest BCUT2D eigenvalue weighted by atomic mass is 16.5. The molecule has 1 aliphatic rings. The van der Waals surface area contributed by atoms with Gasteiger partial charge < -0.3 is 24.4 Å². The number of phenolic OH excluding ortho intramolecular Hbond substituents is 1. The Morgan fingerprint density at radius 3 is 2.35 bits per heavy atom. The number of carbonyl (C=O) groups is 1. The number of amides is 2. The maximum atomic E-state index is 13.4. The molecule has 1 unspecified atom stereocenters. The Morgan fingerprint density at radius 2 is 1.70 bits per heavy atom. The SMILES string of the molecule is COc1ccc(N2C(=O)NC(c3ccc(OC)c(O)c3)C(c3nc(-c4ccc(C)cc4)no3)=C2C)cc1. The van der Waals surface area contributed by atoms with E-state index in [9.17, 15) is 9.90 Å². The number of ether oxygens (including phenoxy) is 2. The lowest BCUT2D eigenvalue weighted by Crippen LogP contribution is -2.46. The number of aromatic nitrogens is 2. The van der Waals surface area contributed by atoms with Crippen molar-refractivity contribution in [2.24, 2.45) is 0 Å². The Bertz CT molecular complexity index is 1480. The van der Waals surface area contributed by atoms with E-state index in [1.54, 1.807) is 54.5 Å². The lowest BCUT2D eigenvalue weighted by Gasteiger charge is -2.35. The highest BCUT2D eigenvalue weighted by Crippen LogP contribution is 2.41. The van der Waals surface area contributed by atoms with Gasteiger partial charge in [0.1, 0.15) is 5.75 Å². The zero-order chi connectivity index (χ0) is 26.1. The van der Waals surface area contributed by atoms with Gasteiger partial charge in [-0.05, 0) is 55.8 Å². The van der Waals surface area contributed by atoms with Crippen LogP contribution in [0.25, 0.3) is 17.0 Å². The van der Waals surface area contributed by atoms with Crippen LogP contribution in [0.2, 0.25) is 0 Å². The number of hydrogen-bond donors (Lipinski definition) is 2. The zero-order valence-corrected chi connectivity index (χ0v) is 20.9. The van der Waals surface area contributed by atoms with Crippen LogP contribution in [0.1, 0.15) is 30.0 Å². The van der Waals surface area contributed by atoms with Crippen LogP contribution in [0.15, 0.2) is 77.0 Å². The first-order valence-corrected chi connectivity index (χ1v) is 11.6. The van der Waals surface area contributed by atoms with Crippen molar-refractivity contribution in [2.75, 3.05) is 19.1 Å². The molecule has 9 nitrogen and oxygen atoms in total. The molecule has 0 radical (unpaired) electrons. The van der Waals surface area contributed by atoms with Crippen LogP contribution in [0.3, 0.4) is 0 Å². The average Bonchev–Trinajstić information content (AvgIpc) is 3.39. The summed E-state index contributed by atoms with van der Waals surface area (Å²) in [5, 5.41) is 17.7. The van der Waals surface area contributed by atoms with Gasteiger partial charge in [0.2, 0.25) is 5.82 Å². The number of nitrogens with one attached hydrogen (secondary N) is 1. The van der Waals surface area contributed by atoms with Crippen molar-refractivity contribution in [3.8, 4) is 28.6 Å². The van der Waals surface area contributed by atoms with Crippen molar-refractivity contribution in [3.05, 3.63) is 89.4 Å². The largest absolute Gasteiger partial charge is 0.504 e. The summed E-state index contributed by atoms with van der Waals surface area (Å²) in [5.41, 5.74) is 4.41. The molecule has 5 rings (SSSR count). The number of urea groups is 1. The summed E-state index contributed by atoms with van der Waals surface area (Å²) in [7, 11) is 3.06. The summed E-state index contributed by atoms with van der Waals surface area (Å²) in [6.07, 6.45) is 0. The van der Waals surface area contributed by atoms with E-state index in [2.05, 4.69) is 15.5 Å². The molecule has 9 heteroatoms. The van der Waals surface area contributed by atoms with Gasteiger partial charge >= 0.3 is 6.03 Å². The minimum absolute atomic E-state index is 0.0466. The van der Waals surface area contributed by atoms with Crippen LogP contribution in [0.4, 0.5) is 10.5 Å². The molecule has 0 bridgehead atoms. The van der Waals surface area contributed by atoms with Crippen molar-refractivity contribution in [1.82, 2.24) is 15.5 Å². The maximum absolute atomic E-state index is 13.4. The lowest BCUT2D eigenvalue weighted by atomic mass is 9.94. The van der Waals surface area contributed by atoms with Crippen LogP contribution in [0, 0.1) is 6.92 Å². The molecule has 0 saturated heterocycles. The van der Waals surface area contributed by atoms with Gasteiger partial charge in [-0.25, -0.2) is 4.79 Å². The normalized spacial score (nSPS) is 15.5. The molecule has 1 atom stereocenters. The number of anilines is 1. The quantitative estimate of drug-likeness (QED) is 0.363. The fourth-order valence-corrected chi connectivity index (χ4v) is 4.35. The fourth-order valence-electron chi connectivity index (χ4n) is 4.35. The van der Waals surface area contributed by atoms with Gasteiger partial charge in [0.15, 0.2) is 11.5 Å². The first kappa shape index (κ1) is 23.9. The van der Waals surface area contributed by atoms with Crippen LogP contribution in [0.5, 0.6) is 17.2 Å². The van der Waals surface area contributed by atoms with E-state index in [0.717, 1.165) is 11.1 Å². The maximum Gasteiger partial charge on any atom is 0.326 e. The fraction of sp³-hybridized carbons (Fsp3) is 0.179. The van der Waals surface area contributed by atoms with Crippen LogP contribution in [-0.4, -0.2) is 35.5 Å². The molecule has 0 fully saturated rings. The van der Waals surface area contributed by atoms with E-state index in [-0.39, 0.29) is 17.7 Å². The molecular weight excluding hydrogens is 472 g/mol. The minimum atomic E-state index is -0.662.